The minimum absolute atomic E-state index is 0.0530. The first-order valence-electron chi connectivity index (χ1n) is 6.96. The molecule has 0 aromatic rings. The Kier molecular flexibility index (Phi) is 7.22. The highest BCUT2D eigenvalue weighted by Crippen LogP contribution is 2.32. The number of hydrogen-bond donors (Lipinski definition) is 1. The van der Waals surface area contributed by atoms with Crippen molar-refractivity contribution in [1.82, 2.24) is 5.32 Å². The van der Waals surface area contributed by atoms with E-state index in [0.29, 0.717) is 19.6 Å². The molecule has 0 aromatic heterocycles. The second-order valence-corrected chi connectivity index (χ2v) is 4.98. The quantitative estimate of drug-likeness (QED) is 0.662. The normalized spacial score (nSPS) is 28.2. The lowest BCUT2D eigenvalue weighted by Gasteiger charge is -2.45. The van der Waals surface area contributed by atoms with Gasteiger partial charge in [-0.25, -0.2) is 0 Å². The van der Waals surface area contributed by atoms with Gasteiger partial charge >= 0.3 is 6.18 Å². The second kappa shape index (κ2) is 8.17. The highest BCUT2D eigenvalue weighted by Gasteiger charge is 2.47. The van der Waals surface area contributed by atoms with Crippen molar-refractivity contribution in [3.05, 3.63) is 0 Å². The number of methoxy groups -OCH3 is 1. The molecule has 0 aliphatic heterocycles. The number of ether oxygens (including phenoxy) is 3. The zero-order chi connectivity index (χ0) is 15.2. The summed E-state index contributed by atoms with van der Waals surface area (Å²) in [6.45, 7) is 4.64. The van der Waals surface area contributed by atoms with E-state index in [9.17, 15) is 13.2 Å². The van der Waals surface area contributed by atoms with Crippen LogP contribution in [0.3, 0.4) is 0 Å². The summed E-state index contributed by atoms with van der Waals surface area (Å²) >= 11 is 0. The zero-order valence-electron chi connectivity index (χ0n) is 12.2. The molecule has 1 rings (SSSR count). The number of alkyl halides is 3. The van der Waals surface area contributed by atoms with Crippen molar-refractivity contribution in [1.29, 1.82) is 0 Å². The van der Waals surface area contributed by atoms with Crippen LogP contribution in [-0.4, -0.2) is 57.4 Å². The Balaban J connectivity index is 2.44. The lowest BCUT2D eigenvalue weighted by molar-refractivity contribution is -0.257. The van der Waals surface area contributed by atoms with Gasteiger partial charge in [-0.1, -0.05) is 6.92 Å². The maximum absolute atomic E-state index is 12.5. The number of hydrogen-bond acceptors (Lipinski definition) is 4. The van der Waals surface area contributed by atoms with Crippen LogP contribution in [0.1, 0.15) is 26.7 Å². The third-order valence-corrected chi connectivity index (χ3v) is 3.34. The van der Waals surface area contributed by atoms with Gasteiger partial charge in [0, 0.05) is 13.2 Å². The van der Waals surface area contributed by atoms with E-state index in [0.717, 1.165) is 19.9 Å². The fourth-order valence-electron chi connectivity index (χ4n) is 2.07. The van der Waals surface area contributed by atoms with Gasteiger partial charge in [0.2, 0.25) is 0 Å². The van der Waals surface area contributed by atoms with Gasteiger partial charge in [-0.3, -0.25) is 0 Å². The van der Waals surface area contributed by atoms with Gasteiger partial charge in [-0.2, -0.15) is 13.2 Å². The Morgan fingerprint density at radius 2 is 2.00 bits per heavy atom. The Labute approximate surface area is 117 Å². The van der Waals surface area contributed by atoms with E-state index in [-0.39, 0.29) is 12.1 Å². The summed E-state index contributed by atoms with van der Waals surface area (Å²) in [5, 5.41) is 3.26. The highest BCUT2D eigenvalue weighted by atomic mass is 19.4. The van der Waals surface area contributed by atoms with Crippen LogP contribution in [0.5, 0.6) is 0 Å². The van der Waals surface area contributed by atoms with Crippen molar-refractivity contribution in [2.24, 2.45) is 0 Å². The second-order valence-electron chi connectivity index (χ2n) is 4.98. The van der Waals surface area contributed by atoms with Crippen LogP contribution in [0.2, 0.25) is 0 Å². The predicted molar refractivity (Wildman–Crippen MR) is 68.7 cm³/mol. The Hall–Kier alpha value is -0.370. The number of rotatable bonds is 9. The standard InChI is InChI=1S/C13H24F3NO3/c1-4-5-17-10-8-11(12(10)19-7-6-18-3)20-9(2)13(14,15)16/h9-12,17H,4-8H2,1-3H3. The van der Waals surface area contributed by atoms with E-state index in [1.54, 1.807) is 7.11 Å². The summed E-state index contributed by atoms with van der Waals surface area (Å²) in [5.74, 6) is 0. The summed E-state index contributed by atoms with van der Waals surface area (Å²) in [6, 6.07) is 0.0530. The molecule has 0 heterocycles. The molecule has 0 spiro atoms. The molecule has 1 aliphatic carbocycles. The molecule has 1 saturated carbocycles. The fourth-order valence-corrected chi connectivity index (χ4v) is 2.07. The Morgan fingerprint density at radius 3 is 2.55 bits per heavy atom. The monoisotopic (exact) mass is 299 g/mol. The number of halogens is 3. The minimum Gasteiger partial charge on any atom is -0.382 e. The fraction of sp³-hybridized carbons (Fsp3) is 1.00. The van der Waals surface area contributed by atoms with Gasteiger partial charge < -0.3 is 19.5 Å². The van der Waals surface area contributed by atoms with Gasteiger partial charge in [-0.05, 0) is 26.3 Å². The summed E-state index contributed by atoms with van der Waals surface area (Å²) < 4.78 is 53.0. The molecule has 1 N–H and O–H groups in total. The summed E-state index contributed by atoms with van der Waals surface area (Å²) in [4.78, 5) is 0. The van der Waals surface area contributed by atoms with Crippen LogP contribution in [-0.2, 0) is 14.2 Å². The molecule has 4 unspecified atom stereocenters. The largest absolute Gasteiger partial charge is 0.414 e. The first-order chi connectivity index (χ1) is 9.40. The number of nitrogens with one attached hydrogen (secondary N) is 1. The smallest absolute Gasteiger partial charge is 0.382 e. The first-order valence-corrected chi connectivity index (χ1v) is 6.96. The molecule has 4 atom stereocenters. The molecule has 7 heteroatoms. The van der Waals surface area contributed by atoms with E-state index < -0.39 is 18.4 Å². The summed E-state index contributed by atoms with van der Waals surface area (Å²) in [7, 11) is 1.55. The van der Waals surface area contributed by atoms with Gasteiger partial charge in [-0.15, -0.1) is 0 Å². The predicted octanol–water partition coefficient (Wildman–Crippen LogP) is 2.13. The van der Waals surface area contributed by atoms with E-state index in [1.807, 2.05) is 6.92 Å². The molecule has 4 nitrogen and oxygen atoms in total. The van der Waals surface area contributed by atoms with Gasteiger partial charge in [0.25, 0.3) is 0 Å². The summed E-state index contributed by atoms with van der Waals surface area (Å²) in [5.41, 5.74) is 0. The van der Waals surface area contributed by atoms with Gasteiger partial charge in [0.05, 0.1) is 25.4 Å². The van der Waals surface area contributed by atoms with Crippen LogP contribution in [0.4, 0.5) is 13.2 Å². The van der Waals surface area contributed by atoms with E-state index in [4.69, 9.17) is 14.2 Å². The van der Waals surface area contributed by atoms with Crippen molar-refractivity contribution in [3.8, 4) is 0 Å². The van der Waals surface area contributed by atoms with Crippen LogP contribution < -0.4 is 5.32 Å². The molecule has 120 valence electrons. The maximum Gasteiger partial charge on any atom is 0.414 e. The maximum atomic E-state index is 12.5. The topological polar surface area (TPSA) is 39.7 Å². The van der Waals surface area contributed by atoms with Crippen molar-refractivity contribution in [2.45, 2.75) is 57.2 Å². The van der Waals surface area contributed by atoms with Gasteiger partial charge in [0.15, 0.2) is 6.10 Å². The molecule has 1 fully saturated rings. The van der Waals surface area contributed by atoms with Crippen molar-refractivity contribution in [3.63, 3.8) is 0 Å². The van der Waals surface area contributed by atoms with E-state index >= 15 is 0 Å². The molecular formula is C13H24F3NO3. The molecular weight excluding hydrogens is 275 g/mol. The van der Waals surface area contributed by atoms with Gasteiger partial charge in [0.1, 0.15) is 0 Å². The average molecular weight is 299 g/mol. The van der Waals surface area contributed by atoms with Crippen molar-refractivity contribution in [2.75, 3.05) is 26.9 Å². The molecule has 0 bridgehead atoms. The van der Waals surface area contributed by atoms with Crippen LogP contribution >= 0.6 is 0 Å². The molecule has 0 amide bonds. The van der Waals surface area contributed by atoms with Crippen LogP contribution in [0.15, 0.2) is 0 Å². The average Bonchev–Trinajstić information content (AvgIpc) is 2.36. The lowest BCUT2D eigenvalue weighted by Crippen LogP contribution is -2.61. The summed E-state index contributed by atoms with van der Waals surface area (Å²) in [6.07, 6.45) is -5.46. The van der Waals surface area contributed by atoms with Crippen LogP contribution in [0.25, 0.3) is 0 Å². The Morgan fingerprint density at radius 1 is 1.30 bits per heavy atom. The highest BCUT2D eigenvalue weighted by molar-refractivity contribution is 4.98. The minimum atomic E-state index is -4.33. The first kappa shape index (κ1) is 17.7. The van der Waals surface area contributed by atoms with E-state index in [1.165, 1.54) is 0 Å². The third kappa shape index (κ3) is 5.20. The lowest BCUT2D eigenvalue weighted by atomic mass is 9.85. The molecule has 20 heavy (non-hydrogen) atoms. The van der Waals surface area contributed by atoms with Crippen molar-refractivity contribution >= 4 is 0 Å². The molecule has 0 aromatic carbocycles. The SMILES string of the molecule is CCCNC1CC(OC(C)C(F)(F)F)C1OCCOC. The van der Waals surface area contributed by atoms with Crippen molar-refractivity contribution < 1.29 is 27.4 Å². The Bertz CT molecular complexity index is 276. The van der Waals surface area contributed by atoms with E-state index in [2.05, 4.69) is 5.32 Å². The molecule has 0 radical (unpaired) electrons. The zero-order valence-corrected chi connectivity index (χ0v) is 12.2. The molecule has 0 saturated heterocycles. The molecule has 1 aliphatic rings. The third-order valence-electron chi connectivity index (χ3n) is 3.34. The van der Waals surface area contributed by atoms with Crippen LogP contribution in [0, 0.1) is 0 Å².